The van der Waals surface area contributed by atoms with Crippen molar-refractivity contribution in [2.45, 2.75) is 37.8 Å². The highest BCUT2D eigenvalue weighted by Crippen LogP contribution is 2.45. The second-order valence-corrected chi connectivity index (χ2v) is 6.27. The van der Waals surface area contributed by atoms with Crippen molar-refractivity contribution >= 4 is 0 Å². The molecule has 1 aromatic rings. The monoisotopic (exact) mass is 274 g/mol. The maximum absolute atomic E-state index is 6.39. The summed E-state index contributed by atoms with van der Waals surface area (Å²) in [6.45, 7) is 5.17. The van der Waals surface area contributed by atoms with Crippen LogP contribution in [0.2, 0.25) is 0 Å². The lowest BCUT2D eigenvalue weighted by atomic mass is 9.65. The summed E-state index contributed by atoms with van der Waals surface area (Å²) in [6, 6.07) is 11.0. The Labute approximate surface area is 121 Å². The van der Waals surface area contributed by atoms with Gasteiger partial charge in [-0.05, 0) is 31.4 Å². The first-order valence-electron chi connectivity index (χ1n) is 7.90. The molecule has 3 heteroatoms. The summed E-state index contributed by atoms with van der Waals surface area (Å²) in [7, 11) is 0. The van der Waals surface area contributed by atoms with Crippen LogP contribution in [0.1, 0.15) is 25.3 Å². The third-order valence-electron chi connectivity index (χ3n) is 5.28. The molecule has 0 saturated carbocycles. The maximum atomic E-state index is 6.39. The molecular formula is C17H26N2O. The van der Waals surface area contributed by atoms with Crippen LogP contribution in [0, 0.1) is 11.8 Å². The van der Waals surface area contributed by atoms with Crippen LogP contribution in [0.4, 0.5) is 0 Å². The molecule has 3 nitrogen and oxygen atoms in total. The van der Waals surface area contributed by atoms with Crippen molar-refractivity contribution in [1.29, 1.82) is 0 Å². The van der Waals surface area contributed by atoms with Crippen molar-refractivity contribution in [1.82, 2.24) is 5.32 Å². The lowest BCUT2D eigenvalue weighted by Gasteiger charge is -2.56. The summed E-state index contributed by atoms with van der Waals surface area (Å²) in [5.41, 5.74) is 7.79. The van der Waals surface area contributed by atoms with Gasteiger partial charge in [0, 0.05) is 24.4 Å². The minimum absolute atomic E-state index is 0.0112. The lowest BCUT2D eigenvalue weighted by Crippen LogP contribution is -2.66. The normalized spacial score (nSPS) is 37.4. The smallest absolute Gasteiger partial charge is 0.0788 e. The van der Waals surface area contributed by atoms with Crippen LogP contribution in [0.25, 0.3) is 0 Å². The molecule has 0 aliphatic carbocycles. The van der Waals surface area contributed by atoms with Crippen LogP contribution in [0.15, 0.2) is 30.3 Å². The second kappa shape index (κ2) is 5.84. The van der Waals surface area contributed by atoms with Crippen molar-refractivity contribution in [3.63, 3.8) is 0 Å². The van der Waals surface area contributed by atoms with Crippen molar-refractivity contribution in [3.8, 4) is 0 Å². The van der Waals surface area contributed by atoms with E-state index >= 15 is 0 Å². The van der Waals surface area contributed by atoms with E-state index in [1.165, 1.54) is 5.56 Å². The first kappa shape index (κ1) is 14.1. The Kier molecular flexibility index (Phi) is 4.11. The van der Waals surface area contributed by atoms with E-state index in [0.29, 0.717) is 11.8 Å². The molecule has 4 unspecified atom stereocenters. The van der Waals surface area contributed by atoms with Gasteiger partial charge in [-0.15, -0.1) is 0 Å². The predicted octanol–water partition coefficient (Wildman–Crippen LogP) is 1.96. The number of hydrogen-bond donors (Lipinski definition) is 2. The molecule has 2 aliphatic rings. The van der Waals surface area contributed by atoms with E-state index in [4.69, 9.17) is 10.5 Å². The number of nitrogens with two attached hydrogens (primary N) is 1. The predicted molar refractivity (Wildman–Crippen MR) is 81.6 cm³/mol. The summed E-state index contributed by atoms with van der Waals surface area (Å²) in [5.74, 6) is 1.05. The molecule has 0 radical (unpaired) electrons. The van der Waals surface area contributed by atoms with Crippen LogP contribution in [0.3, 0.4) is 0 Å². The van der Waals surface area contributed by atoms with Crippen LogP contribution in [-0.2, 0) is 11.2 Å². The van der Waals surface area contributed by atoms with Gasteiger partial charge in [-0.25, -0.2) is 0 Å². The third-order valence-corrected chi connectivity index (χ3v) is 5.28. The maximum Gasteiger partial charge on any atom is 0.0788 e. The molecule has 3 N–H and O–H groups in total. The Bertz CT molecular complexity index is 432. The van der Waals surface area contributed by atoms with E-state index in [0.717, 1.165) is 39.0 Å². The van der Waals surface area contributed by atoms with E-state index in [1.807, 2.05) is 0 Å². The highest BCUT2D eigenvalue weighted by Gasteiger charge is 2.54. The molecule has 4 atom stereocenters. The van der Waals surface area contributed by atoms with Gasteiger partial charge in [0.1, 0.15) is 0 Å². The first-order chi connectivity index (χ1) is 9.76. The van der Waals surface area contributed by atoms with Gasteiger partial charge < -0.3 is 15.8 Å². The average Bonchev–Trinajstić information content (AvgIpc) is 2.48. The number of piperidine rings is 1. The van der Waals surface area contributed by atoms with Gasteiger partial charge in [0.05, 0.1) is 12.2 Å². The van der Waals surface area contributed by atoms with Gasteiger partial charge in [-0.3, -0.25) is 0 Å². The van der Waals surface area contributed by atoms with Crippen molar-refractivity contribution in [3.05, 3.63) is 35.9 Å². The number of rotatable bonds is 4. The SMILES string of the molecule is CCC1(C2CNCCC2N)OCC1Cc1ccccc1. The quantitative estimate of drug-likeness (QED) is 0.882. The van der Waals surface area contributed by atoms with Gasteiger partial charge in [0.2, 0.25) is 0 Å². The fourth-order valence-electron chi connectivity index (χ4n) is 4.02. The Morgan fingerprint density at radius 3 is 2.75 bits per heavy atom. The van der Waals surface area contributed by atoms with Crippen LogP contribution < -0.4 is 11.1 Å². The number of hydrogen-bond acceptors (Lipinski definition) is 3. The third kappa shape index (κ3) is 2.39. The van der Waals surface area contributed by atoms with Crippen LogP contribution in [-0.4, -0.2) is 31.3 Å². The van der Waals surface area contributed by atoms with Gasteiger partial charge in [0.15, 0.2) is 0 Å². The van der Waals surface area contributed by atoms with Crippen molar-refractivity contribution in [2.24, 2.45) is 17.6 Å². The van der Waals surface area contributed by atoms with E-state index in [2.05, 4.69) is 42.6 Å². The number of ether oxygens (including phenoxy) is 1. The fraction of sp³-hybridized carbons (Fsp3) is 0.647. The molecule has 0 spiro atoms. The minimum Gasteiger partial charge on any atom is -0.374 e. The van der Waals surface area contributed by atoms with E-state index < -0.39 is 0 Å². The summed E-state index contributed by atoms with van der Waals surface area (Å²) >= 11 is 0. The Hall–Kier alpha value is -0.900. The van der Waals surface area contributed by atoms with Crippen LogP contribution in [0.5, 0.6) is 0 Å². The molecule has 0 amide bonds. The summed E-state index contributed by atoms with van der Waals surface area (Å²) in [5, 5.41) is 3.50. The largest absolute Gasteiger partial charge is 0.374 e. The number of nitrogens with one attached hydrogen (secondary N) is 1. The van der Waals surface area contributed by atoms with Gasteiger partial charge in [-0.1, -0.05) is 37.3 Å². The van der Waals surface area contributed by atoms with Gasteiger partial charge >= 0.3 is 0 Å². The lowest BCUT2D eigenvalue weighted by molar-refractivity contribution is -0.240. The molecular weight excluding hydrogens is 248 g/mol. The van der Waals surface area contributed by atoms with Crippen molar-refractivity contribution < 1.29 is 4.74 Å². The molecule has 2 heterocycles. The minimum atomic E-state index is -0.0112. The molecule has 2 fully saturated rings. The molecule has 0 aromatic heterocycles. The fourth-order valence-corrected chi connectivity index (χ4v) is 4.02. The van der Waals surface area contributed by atoms with E-state index in [9.17, 15) is 0 Å². The topological polar surface area (TPSA) is 47.3 Å². The molecule has 2 saturated heterocycles. The van der Waals surface area contributed by atoms with E-state index in [-0.39, 0.29) is 11.6 Å². The highest BCUT2D eigenvalue weighted by atomic mass is 16.5. The zero-order chi connectivity index (χ0) is 14.0. The number of benzene rings is 1. The highest BCUT2D eigenvalue weighted by molar-refractivity contribution is 5.18. The standard InChI is InChI=1S/C17H26N2O/c1-2-17(15-11-19-9-8-16(15)18)14(12-20-17)10-13-6-4-3-5-7-13/h3-7,14-16,19H,2,8-12,18H2,1H3. The summed E-state index contributed by atoms with van der Waals surface area (Å²) in [4.78, 5) is 0. The molecule has 20 heavy (non-hydrogen) atoms. The molecule has 2 aliphatic heterocycles. The Balaban J connectivity index is 1.75. The average molecular weight is 274 g/mol. The Morgan fingerprint density at radius 1 is 1.35 bits per heavy atom. The van der Waals surface area contributed by atoms with Gasteiger partial charge in [-0.2, -0.15) is 0 Å². The zero-order valence-electron chi connectivity index (χ0n) is 12.3. The Morgan fingerprint density at radius 2 is 2.15 bits per heavy atom. The molecule has 1 aromatic carbocycles. The first-order valence-corrected chi connectivity index (χ1v) is 7.90. The van der Waals surface area contributed by atoms with Crippen molar-refractivity contribution in [2.75, 3.05) is 19.7 Å². The van der Waals surface area contributed by atoms with Crippen LogP contribution >= 0.6 is 0 Å². The van der Waals surface area contributed by atoms with E-state index in [1.54, 1.807) is 0 Å². The summed E-state index contributed by atoms with van der Waals surface area (Å²) in [6.07, 6.45) is 3.23. The second-order valence-electron chi connectivity index (χ2n) is 6.27. The molecule has 3 rings (SSSR count). The zero-order valence-corrected chi connectivity index (χ0v) is 12.3. The summed E-state index contributed by atoms with van der Waals surface area (Å²) < 4.78 is 6.14. The van der Waals surface area contributed by atoms with Gasteiger partial charge in [0.25, 0.3) is 0 Å². The molecule has 0 bridgehead atoms. The molecule has 110 valence electrons.